The Bertz CT molecular complexity index is 699. The summed E-state index contributed by atoms with van der Waals surface area (Å²) in [7, 11) is 0. The van der Waals surface area contributed by atoms with E-state index in [0.29, 0.717) is 30.5 Å². The third kappa shape index (κ3) is 3.27. The van der Waals surface area contributed by atoms with Crippen molar-refractivity contribution in [2.75, 3.05) is 6.61 Å². The van der Waals surface area contributed by atoms with Gasteiger partial charge < -0.3 is 9.84 Å². The third-order valence-electron chi connectivity index (χ3n) is 4.84. The topological polar surface area (TPSA) is 77.2 Å². The molecule has 1 N–H and O–H groups in total. The first kappa shape index (κ1) is 16.5. The van der Waals surface area contributed by atoms with Crippen molar-refractivity contribution in [1.82, 2.24) is 14.8 Å². The number of carbonyl (C=O) groups excluding carboxylic acids is 1. The smallest absolute Gasteiger partial charge is 0.157 e. The Morgan fingerprint density at radius 1 is 1.38 bits per heavy atom. The van der Waals surface area contributed by atoms with Crippen LogP contribution < -0.4 is 4.74 Å². The van der Waals surface area contributed by atoms with Crippen molar-refractivity contribution in [1.29, 1.82) is 0 Å². The van der Waals surface area contributed by atoms with Crippen molar-refractivity contribution in [3.05, 3.63) is 35.9 Å². The van der Waals surface area contributed by atoms with Crippen molar-refractivity contribution in [2.24, 2.45) is 5.92 Å². The summed E-state index contributed by atoms with van der Waals surface area (Å²) in [6.45, 7) is 3.46. The number of hydrogen-bond donors (Lipinski definition) is 1. The van der Waals surface area contributed by atoms with Crippen LogP contribution in [0.5, 0.6) is 11.5 Å². The molecule has 2 aromatic heterocycles. The van der Waals surface area contributed by atoms with Crippen molar-refractivity contribution in [2.45, 2.75) is 45.1 Å². The molecular formula is C18H23N3O3. The van der Waals surface area contributed by atoms with E-state index in [9.17, 15) is 9.90 Å². The van der Waals surface area contributed by atoms with E-state index in [1.165, 1.54) is 30.9 Å². The fourth-order valence-electron chi connectivity index (χ4n) is 3.59. The molecule has 1 aliphatic carbocycles. The number of aldehydes is 1. The quantitative estimate of drug-likeness (QED) is 0.824. The highest BCUT2D eigenvalue weighted by molar-refractivity contribution is 5.82. The Hall–Kier alpha value is -2.37. The van der Waals surface area contributed by atoms with E-state index in [1.54, 1.807) is 0 Å². The normalized spacial score (nSPS) is 20.7. The van der Waals surface area contributed by atoms with Gasteiger partial charge in [0.1, 0.15) is 11.3 Å². The number of nitrogens with zero attached hydrogens (tertiary/aromatic N) is 3. The highest BCUT2D eigenvalue weighted by Crippen LogP contribution is 2.38. The van der Waals surface area contributed by atoms with Crippen LogP contribution in [-0.2, 0) is 6.54 Å². The number of aryl methyl sites for hydroxylation is 1. The minimum atomic E-state index is -0.147. The first-order chi connectivity index (χ1) is 11.7. The molecule has 0 aromatic carbocycles. The molecule has 0 radical (unpaired) electrons. The molecule has 2 atom stereocenters. The Morgan fingerprint density at radius 2 is 2.21 bits per heavy atom. The molecular weight excluding hydrogens is 306 g/mol. The van der Waals surface area contributed by atoms with Crippen molar-refractivity contribution in [3.8, 4) is 11.5 Å². The summed E-state index contributed by atoms with van der Waals surface area (Å²) in [6, 6.07) is 2.10. The standard InChI is InChI=1S/C18H23N3O3/c1-2-21-16(7-8-20-21)14-6-4-3-5-13(14)12-24-18-10-19-9-17(23)15(18)11-22/h7-11,13-14,23H,2-6,12H2,1H3. The highest BCUT2D eigenvalue weighted by atomic mass is 16.5. The Balaban J connectivity index is 1.75. The molecule has 0 saturated heterocycles. The fraction of sp³-hybridized carbons (Fsp3) is 0.500. The molecule has 6 heteroatoms. The van der Waals surface area contributed by atoms with Gasteiger partial charge in [-0.15, -0.1) is 0 Å². The molecule has 0 amide bonds. The first-order valence-corrected chi connectivity index (χ1v) is 8.51. The van der Waals surface area contributed by atoms with Crippen LogP contribution in [0.4, 0.5) is 0 Å². The number of hydrogen-bond acceptors (Lipinski definition) is 5. The van der Waals surface area contributed by atoms with Gasteiger partial charge in [0, 0.05) is 30.3 Å². The zero-order valence-corrected chi connectivity index (χ0v) is 13.9. The van der Waals surface area contributed by atoms with Crippen LogP contribution in [0.3, 0.4) is 0 Å². The average molecular weight is 329 g/mol. The molecule has 0 aliphatic heterocycles. The van der Waals surface area contributed by atoms with E-state index < -0.39 is 0 Å². The van der Waals surface area contributed by atoms with Crippen LogP contribution in [0.2, 0.25) is 0 Å². The highest BCUT2D eigenvalue weighted by Gasteiger charge is 2.29. The SMILES string of the molecule is CCn1nccc1C1CCCCC1COc1cncc(O)c1C=O. The second kappa shape index (κ2) is 7.47. The lowest BCUT2D eigenvalue weighted by Crippen LogP contribution is -2.26. The number of carbonyl (C=O) groups is 1. The van der Waals surface area contributed by atoms with Gasteiger partial charge in [0.05, 0.1) is 19.0 Å². The molecule has 6 nitrogen and oxygen atoms in total. The first-order valence-electron chi connectivity index (χ1n) is 8.51. The van der Waals surface area contributed by atoms with Gasteiger partial charge in [-0.25, -0.2) is 0 Å². The molecule has 1 fully saturated rings. The lowest BCUT2D eigenvalue weighted by Gasteiger charge is -2.31. The van der Waals surface area contributed by atoms with Crippen molar-refractivity contribution >= 4 is 6.29 Å². The number of pyridine rings is 1. The maximum Gasteiger partial charge on any atom is 0.157 e. The lowest BCUT2D eigenvalue weighted by atomic mass is 9.78. The zero-order chi connectivity index (χ0) is 16.9. The number of ether oxygens (including phenoxy) is 1. The van der Waals surface area contributed by atoms with Crippen LogP contribution >= 0.6 is 0 Å². The molecule has 128 valence electrons. The lowest BCUT2D eigenvalue weighted by molar-refractivity contribution is 0.111. The van der Waals surface area contributed by atoms with E-state index >= 15 is 0 Å². The molecule has 0 spiro atoms. The van der Waals surface area contributed by atoms with Gasteiger partial charge in [-0.2, -0.15) is 5.10 Å². The van der Waals surface area contributed by atoms with E-state index in [1.807, 2.05) is 6.20 Å². The molecule has 24 heavy (non-hydrogen) atoms. The summed E-state index contributed by atoms with van der Waals surface area (Å²) >= 11 is 0. The fourth-order valence-corrected chi connectivity index (χ4v) is 3.59. The van der Waals surface area contributed by atoms with E-state index in [0.717, 1.165) is 19.4 Å². The van der Waals surface area contributed by atoms with Crippen LogP contribution in [0.25, 0.3) is 0 Å². The van der Waals surface area contributed by atoms with Gasteiger partial charge in [0.25, 0.3) is 0 Å². The summed E-state index contributed by atoms with van der Waals surface area (Å²) < 4.78 is 7.92. The Kier molecular flexibility index (Phi) is 5.13. The van der Waals surface area contributed by atoms with Gasteiger partial charge in [0.15, 0.2) is 12.0 Å². The van der Waals surface area contributed by atoms with E-state index in [4.69, 9.17) is 4.74 Å². The molecule has 2 unspecified atom stereocenters. The second-order valence-corrected chi connectivity index (χ2v) is 6.22. The number of aromatic hydroxyl groups is 1. The molecule has 3 rings (SSSR count). The molecule has 0 bridgehead atoms. The number of rotatable bonds is 6. The van der Waals surface area contributed by atoms with E-state index in [-0.39, 0.29) is 11.3 Å². The molecule has 2 heterocycles. The van der Waals surface area contributed by atoms with Crippen LogP contribution in [0.15, 0.2) is 24.7 Å². The van der Waals surface area contributed by atoms with Gasteiger partial charge in [-0.1, -0.05) is 12.8 Å². The van der Waals surface area contributed by atoms with Crippen molar-refractivity contribution < 1.29 is 14.6 Å². The predicted molar refractivity (Wildman–Crippen MR) is 89.4 cm³/mol. The summed E-state index contributed by atoms with van der Waals surface area (Å²) in [5.41, 5.74) is 1.42. The van der Waals surface area contributed by atoms with Crippen LogP contribution in [-0.4, -0.2) is 32.8 Å². The van der Waals surface area contributed by atoms with E-state index in [2.05, 4.69) is 27.8 Å². The third-order valence-corrected chi connectivity index (χ3v) is 4.84. The van der Waals surface area contributed by atoms with Gasteiger partial charge in [-0.3, -0.25) is 14.5 Å². The summed E-state index contributed by atoms with van der Waals surface area (Å²) in [6.07, 6.45) is 9.80. The average Bonchev–Trinajstić information content (AvgIpc) is 3.08. The maximum atomic E-state index is 11.2. The van der Waals surface area contributed by atoms with Gasteiger partial charge >= 0.3 is 0 Å². The monoisotopic (exact) mass is 329 g/mol. The van der Waals surface area contributed by atoms with Crippen LogP contribution in [0.1, 0.15) is 54.6 Å². The summed E-state index contributed by atoms with van der Waals surface area (Å²) in [5.74, 6) is 0.971. The van der Waals surface area contributed by atoms with Gasteiger partial charge in [-0.05, 0) is 25.8 Å². The number of aromatic nitrogens is 3. The Morgan fingerprint density at radius 3 is 3.00 bits per heavy atom. The molecule has 1 aliphatic rings. The minimum absolute atomic E-state index is 0.147. The summed E-state index contributed by atoms with van der Waals surface area (Å²) in [4.78, 5) is 15.1. The molecule has 1 saturated carbocycles. The Labute approximate surface area is 141 Å². The summed E-state index contributed by atoms with van der Waals surface area (Å²) in [5, 5.41) is 14.1. The zero-order valence-electron chi connectivity index (χ0n) is 13.9. The predicted octanol–water partition coefficient (Wildman–Crippen LogP) is 3.17. The maximum absolute atomic E-state index is 11.2. The second-order valence-electron chi connectivity index (χ2n) is 6.22. The van der Waals surface area contributed by atoms with Gasteiger partial charge in [0.2, 0.25) is 0 Å². The largest absolute Gasteiger partial charge is 0.505 e. The molecule has 2 aromatic rings. The minimum Gasteiger partial charge on any atom is -0.505 e. The van der Waals surface area contributed by atoms with Crippen LogP contribution in [0, 0.1) is 5.92 Å². The van der Waals surface area contributed by atoms with Crippen molar-refractivity contribution in [3.63, 3.8) is 0 Å².